The Morgan fingerprint density at radius 2 is 1.95 bits per heavy atom. The smallest absolute Gasteiger partial charge is 0.224 e. The summed E-state index contributed by atoms with van der Waals surface area (Å²) in [4.78, 5) is 12.0. The van der Waals surface area contributed by atoms with Gasteiger partial charge in [-0.25, -0.2) is 4.39 Å². The van der Waals surface area contributed by atoms with Crippen molar-refractivity contribution in [2.75, 3.05) is 6.61 Å². The lowest BCUT2D eigenvalue weighted by molar-refractivity contribution is -0.121. The summed E-state index contributed by atoms with van der Waals surface area (Å²) < 4.78 is 18.5. The van der Waals surface area contributed by atoms with Gasteiger partial charge in [-0.2, -0.15) is 0 Å². The van der Waals surface area contributed by atoms with E-state index >= 15 is 0 Å². The van der Waals surface area contributed by atoms with E-state index in [1.54, 1.807) is 12.1 Å². The van der Waals surface area contributed by atoms with Crippen LogP contribution < -0.4 is 10.1 Å². The van der Waals surface area contributed by atoms with Crippen molar-refractivity contribution in [2.24, 2.45) is 0 Å². The molecule has 0 aliphatic rings. The Balaban J connectivity index is 1.93. The molecule has 0 radical (unpaired) electrons. The number of benzene rings is 2. The van der Waals surface area contributed by atoms with E-state index in [1.165, 1.54) is 12.1 Å². The molecule has 0 bridgehead atoms. The first-order chi connectivity index (χ1) is 10.6. The maximum atomic E-state index is 13.1. The van der Waals surface area contributed by atoms with Gasteiger partial charge in [-0.05, 0) is 49.2 Å². The first-order valence-corrected chi connectivity index (χ1v) is 7.35. The van der Waals surface area contributed by atoms with Gasteiger partial charge in [0.05, 0.1) is 19.1 Å². The van der Waals surface area contributed by atoms with Crippen LogP contribution in [0.1, 0.15) is 31.0 Å². The SMILES string of the molecule is CCOc1ccc(C(C)NC(=O)Cc2cccc(F)c2)cc1. The van der Waals surface area contributed by atoms with Crippen LogP contribution in [0.25, 0.3) is 0 Å². The molecule has 0 aliphatic heterocycles. The fourth-order valence-electron chi connectivity index (χ4n) is 2.23. The summed E-state index contributed by atoms with van der Waals surface area (Å²) in [5, 5.41) is 2.91. The summed E-state index contributed by atoms with van der Waals surface area (Å²) in [6, 6.07) is 13.6. The van der Waals surface area contributed by atoms with Crippen molar-refractivity contribution in [1.82, 2.24) is 5.32 Å². The first kappa shape index (κ1) is 16.0. The van der Waals surface area contributed by atoms with Crippen molar-refractivity contribution in [3.8, 4) is 5.75 Å². The van der Waals surface area contributed by atoms with Gasteiger partial charge < -0.3 is 10.1 Å². The minimum atomic E-state index is -0.329. The van der Waals surface area contributed by atoms with Crippen molar-refractivity contribution in [3.05, 3.63) is 65.5 Å². The minimum absolute atomic E-state index is 0.114. The summed E-state index contributed by atoms with van der Waals surface area (Å²) in [5.41, 5.74) is 1.66. The minimum Gasteiger partial charge on any atom is -0.494 e. The zero-order valence-electron chi connectivity index (χ0n) is 12.8. The third kappa shape index (κ3) is 4.58. The molecule has 1 N–H and O–H groups in total. The molecule has 0 aromatic heterocycles. The summed E-state index contributed by atoms with van der Waals surface area (Å²) in [7, 11) is 0. The number of carbonyl (C=O) groups excluding carboxylic acids is 1. The molecule has 0 spiro atoms. The number of carbonyl (C=O) groups is 1. The molecular formula is C18H20FNO2. The lowest BCUT2D eigenvalue weighted by Gasteiger charge is -2.15. The number of amides is 1. The summed E-state index contributed by atoms with van der Waals surface area (Å²) in [6.45, 7) is 4.47. The fourth-order valence-corrected chi connectivity index (χ4v) is 2.23. The molecule has 2 aromatic rings. The van der Waals surface area contributed by atoms with Gasteiger partial charge in [-0.3, -0.25) is 4.79 Å². The zero-order chi connectivity index (χ0) is 15.9. The summed E-state index contributed by atoms with van der Waals surface area (Å²) in [6.07, 6.45) is 0.166. The first-order valence-electron chi connectivity index (χ1n) is 7.35. The van der Waals surface area contributed by atoms with E-state index < -0.39 is 0 Å². The Kier molecular flexibility index (Phi) is 5.53. The molecule has 116 valence electrons. The lowest BCUT2D eigenvalue weighted by atomic mass is 10.1. The van der Waals surface area contributed by atoms with Crippen molar-refractivity contribution >= 4 is 5.91 Å². The van der Waals surface area contributed by atoms with Crippen LogP contribution in [0.15, 0.2) is 48.5 Å². The molecule has 2 rings (SSSR count). The van der Waals surface area contributed by atoms with Crippen molar-refractivity contribution < 1.29 is 13.9 Å². The highest BCUT2D eigenvalue weighted by atomic mass is 19.1. The highest BCUT2D eigenvalue weighted by Crippen LogP contribution is 2.17. The molecule has 0 heterocycles. The van der Waals surface area contributed by atoms with Crippen LogP contribution in [-0.4, -0.2) is 12.5 Å². The van der Waals surface area contributed by atoms with E-state index in [-0.39, 0.29) is 24.2 Å². The van der Waals surface area contributed by atoms with Gasteiger partial charge >= 0.3 is 0 Å². The van der Waals surface area contributed by atoms with Gasteiger partial charge in [0.15, 0.2) is 0 Å². The van der Waals surface area contributed by atoms with Crippen LogP contribution in [-0.2, 0) is 11.2 Å². The van der Waals surface area contributed by atoms with Gasteiger partial charge in [-0.1, -0.05) is 24.3 Å². The molecule has 0 saturated heterocycles. The number of nitrogens with one attached hydrogen (secondary N) is 1. The Hall–Kier alpha value is -2.36. The fraction of sp³-hybridized carbons (Fsp3) is 0.278. The predicted molar refractivity (Wildman–Crippen MR) is 84.3 cm³/mol. The van der Waals surface area contributed by atoms with Crippen LogP contribution in [0.4, 0.5) is 4.39 Å². The zero-order valence-corrected chi connectivity index (χ0v) is 12.8. The maximum absolute atomic E-state index is 13.1. The van der Waals surface area contributed by atoms with Crippen LogP contribution in [0.2, 0.25) is 0 Å². The highest BCUT2D eigenvalue weighted by Gasteiger charge is 2.10. The van der Waals surface area contributed by atoms with Crippen molar-refractivity contribution in [2.45, 2.75) is 26.3 Å². The van der Waals surface area contributed by atoms with E-state index in [0.29, 0.717) is 12.2 Å². The van der Waals surface area contributed by atoms with E-state index in [2.05, 4.69) is 5.32 Å². The molecule has 1 unspecified atom stereocenters. The third-order valence-corrected chi connectivity index (χ3v) is 3.32. The second kappa shape index (κ2) is 7.59. The molecule has 4 heteroatoms. The van der Waals surface area contributed by atoms with Crippen LogP contribution in [0.5, 0.6) is 5.75 Å². The van der Waals surface area contributed by atoms with E-state index in [4.69, 9.17) is 4.74 Å². The number of hydrogen-bond acceptors (Lipinski definition) is 2. The number of hydrogen-bond donors (Lipinski definition) is 1. The largest absolute Gasteiger partial charge is 0.494 e. The molecule has 1 atom stereocenters. The molecule has 1 amide bonds. The van der Waals surface area contributed by atoms with Gasteiger partial charge in [0.1, 0.15) is 11.6 Å². The maximum Gasteiger partial charge on any atom is 0.224 e. The monoisotopic (exact) mass is 301 g/mol. The van der Waals surface area contributed by atoms with Crippen LogP contribution in [0.3, 0.4) is 0 Å². The Bertz CT molecular complexity index is 625. The standard InChI is InChI=1S/C18H20FNO2/c1-3-22-17-9-7-15(8-10-17)13(2)20-18(21)12-14-5-4-6-16(19)11-14/h4-11,13H,3,12H2,1-2H3,(H,20,21). The number of ether oxygens (including phenoxy) is 1. The van der Waals surface area contributed by atoms with Crippen LogP contribution in [0, 0.1) is 5.82 Å². The molecule has 0 saturated carbocycles. The van der Waals surface area contributed by atoms with Gasteiger partial charge in [0.2, 0.25) is 5.91 Å². The normalized spacial score (nSPS) is 11.8. The summed E-state index contributed by atoms with van der Waals surface area (Å²) in [5.74, 6) is 0.349. The second-order valence-electron chi connectivity index (χ2n) is 5.10. The molecule has 2 aromatic carbocycles. The molecule has 0 aliphatic carbocycles. The van der Waals surface area contributed by atoms with Gasteiger partial charge in [0, 0.05) is 0 Å². The predicted octanol–water partition coefficient (Wildman–Crippen LogP) is 3.64. The number of rotatable bonds is 6. The Morgan fingerprint density at radius 1 is 1.23 bits per heavy atom. The average molecular weight is 301 g/mol. The van der Waals surface area contributed by atoms with Crippen molar-refractivity contribution in [1.29, 1.82) is 0 Å². The second-order valence-corrected chi connectivity index (χ2v) is 5.10. The number of halogens is 1. The van der Waals surface area contributed by atoms with Crippen molar-refractivity contribution in [3.63, 3.8) is 0 Å². The Labute approximate surface area is 130 Å². The van der Waals surface area contributed by atoms with Crippen LogP contribution >= 0.6 is 0 Å². The topological polar surface area (TPSA) is 38.3 Å². The van der Waals surface area contributed by atoms with E-state index in [9.17, 15) is 9.18 Å². The third-order valence-electron chi connectivity index (χ3n) is 3.32. The van der Waals surface area contributed by atoms with Gasteiger partial charge in [0.25, 0.3) is 0 Å². The molecule has 0 fully saturated rings. The lowest BCUT2D eigenvalue weighted by Crippen LogP contribution is -2.28. The molecule has 3 nitrogen and oxygen atoms in total. The van der Waals surface area contributed by atoms with E-state index in [1.807, 2.05) is 38.1 Å². The average Bonchev–Trinajstić information content (AvgIpc) is 2.48. The van der Waals surface area contributed by atoms with E-state index in [0.717, 1.165) is 11.3 Å². The Morgan fingerprint density at radius 3 is 2.59 bits per heavy atom. The molecule has 22 heavy (non-hydrogen) atoms. The molecular weight excluding hydrogens is 281 g/mol. The van der Waals surface area contributed by atoms with Gasteiger partial charge in [-0.15, -0.1) is 0 Å². The quantitative estimate of drug-likeness (QED) is 0.884. The highest BCUT2D eigenvalue weighted by molar-refractivity contribution is 5.79. The summed E-state index contributed by atoms with van der Waals surface area (Å²) >= 11 is 0.